The first kappa shape index (κ1) is 10.7. The van der Waals surface area contributed by atoms with E-state index < -0.39 is 12.1 Å². The van der Waals surface area contributed by atoms with Gasteiger partial charge in [-0.1, -0.05) is 18.2 Å². The SMILES string of the molecule is COC(=O)C[C@H](O)c1cc2ccccc2[nH]1. The van der Waals surface area contributed by atoms with Crippen LogP contribution in [0.2, 0.25) is 0 Å². The fourth-order valence-electron chi connectivity index (χ4n) is 1.63. The van der Waals surface area contributed by atoms with Crippen LogP contribution in [0, 0.1) is 0 Å². The summed E-state index contributed by atoms with van der Waals surface area (Å²) in [7, 11) is 1.31. The van der Waals surface area contributed by atoms with E-state index in [0.29, 0.717) is 5.69 Å². The number of carbonyl (C=O) groups is 1. The van der Waals surface area contributed by atoms with Gasteiger partial charge in [0.25, 0.3) is 0 Å². The van der Waals surface area contributed by atoms with Gasteiger partial charge in [0, 0.05) is 11.2 Å². The lowest BCUT2D eigenvalue weighted by atomic mass is 10.2. The highest BCUT2D eigenvalue weighted by Gasteiger charge is 2.15. The number of nitrogens with one attached hydrogen (secondary N) is 1. The van der Waals surface area contributed by atoms with E-state index >= 15 is 0 Å². The molecule has 0 spiro atoms. The molecule has 1 heterocycles. The van der Waals surface area contributed by atoms with Crippen molar-refractivity contribution in [2.45, 2.75) is 12.5 Å². The van der Waals surface area contributed by atoms with Gasteiger partial charge in [-0.25, -0.2) is 0 Å². The molecule has 16 heavy (non-hydrogen) atoms. The molecule has 1 aromatic heterocycles. The Morgan fingerprint density at radius 1 is 1.50 bits per heavy atom. The van der Waals surface area contributed by atoms with Crippen molar-refractivity contribution in [3.8, 4) is 0 Å². The molecule has 0 bridgehead atoms. The van der Waals surface area contributed by atoms with Crippen LogP contribution in [0.5, 0.6) is 0 Å². The number of methoxy groups -OCH3 is 1. The summed E-state index contributed by atoms with van der Waals surface area (Å²) >= 11 is 0. The third-order valence-electron chi connectivity index (χ3n) is 2.50. The van der Waals surface area contributed by atoms with Crippen LogP contribution in [0.15, 0.2) is 30.3 Å². The number of aromatic nitrogens is 1. The highest BCUT2D eigenvalue weighted by atomic mass is 16.5. The average molecular weight is 219 g/mol. The van der Waals surface area contributed by atoms with Crippen molar-refractivity contribution in [2.24, 2.45) is 0 Å². The van der Waals surface area contributed by atoms with Gasteiger partial charge in [0.2, 0.25) is 0 Å². The number of carbonyl (C=O) groups excluding carboxylic acids is 1. The van der Waals surface area contributed by atoms with E-state index in [2.05, 4.69) is 9.72 Å². The number of esters is 1. The van der Waals surface area contributed by atoms with Crippen molar-refractivity contribution >= 4 is 16.9 Å². The fourth-order valence-corrected chi connectivity index (χ4v) is 1.63. The second-order valence-corrected chi connectivity index (χ2v) is 3.61. The third-order valence-corrected chi connectivity index (χ3v) is 2.50. The maximum Gasteiger partial charge on any atom is 0.308 e. The van der Waals surface area contributed by atoms with Crippen LogP contribution in [0.3, 0.4) is 0 Å². The van der Waals surface area contributed by atoms with Crippen LogP contribution in [0.1, 0.15) is 18.2 Å². The summed E-state index contributed by atoms with van der Waals surface area (Å²) in [6, 6.07) is 9.54. The molecule has 4 heteroatoms. The summed E-state index contributed by atoms with van der Waals surface area (Å²) in [5.74, 6) is -0.425. The number of hydrogen-bond donors (Lipinski definition) is 2. The minimum atomic E-state index is -0.847. The van der Waals surface area contributed by atoms with Crippen LogP contribution < -0.4 is 0 Å². The largest absolute Gasteiger partial charge is 0.469 e. The molecule has 2 rings (SSSR count). The number of fused-ring (bicyclic) bond motifs is 1. The van der Waals surface area contributed by atoms with Gasteiger partial charge in [0.05, 0.1) is 13.5 Å². The number of aliphatic hydroxyl groups is 1. The van der Waals surface area contributed by atoms with Crippen LogP contribution in [-0.4, -0.2) is 23.2 Å². The summed E-state index contributed by atoms with van der Waals surface area (Å²) in [4.78, 5) is 14.1. The molecule has 1 aromatic carbocycles. The van der Waals surface area contributed by atoms with E-state index in [1.54, 1.807) is 0 Å². The van der Waals surface area contributed by atoms with Gasteiger partial charge in [0.15, 0.2) is 0 Å². The smallest absolute Gasteiger partial charge is 0.308 e. The molecule has 84 valence electrons. The van der Waals surface area contributed by atoms with Crippen LogP contribution in [0.4, 0.5) is 0 Å². The van der Waals surface area contributed by atoms with Gasteiger partial charge in [-0.15, -0.1) is 0 Å². The van der Waals surface area contributed by atoms with Crippen LogP contribution >= 0.6 is 0 Å². The molecule has 0 aliphatic rings. The summed E-state index contributed by atoms with van der Waals surface area (Å²) in [6.07, 6.45) is -0.886. The maximum absolute atomic E-state index is 11.0. The molecule has 0 saturated heterocycles. The van der Waals surface area contributed by atoms with E-state index in [0.717, 1.165) is 10.9 Å². The molecular formula is C12H13NO3. The van der Waals surface area contributed by atoms with Crippen LogP contribution in [-0.2, 0) is 9.53 Å². The molecule has 4 nitrogen and oxygen atoms in total. The molecular weight excluding hydrogens is 206 g/mol. The summed E-state index contributed by atoms with van der Waals surface area (Å²) in [6.45, 7) is 0. The topological polar surface area (TPSA) is 62.3 Å². The Morgan fingerprint density at radius 2 is 2.25 bits per heavy atom. The minimum absolute atomic E-state index is 0.0384. The number of rotatable bonds is 3. The molecule has 0 unspecified atom stereocenters. The number of ether oxygens (including phenoxy) is 1. The van der Waals surface area contributed by atoms with E-state index in [9.17, 15) is 9.90 Å². The average Bonchev–Trinajstić information content (AvgIpc) is 2.72. The zero-order chi connectivity index (χ0) is 11.5. The van der Waals surface area contributed by atoms with Gasteiger partial charge in [-0.3, -0.25) is 4.79 Å². The van der Waals surface area contributed by atoms with Crippen molar-refractivity contribution in [2.75, 3.05) is 7.11 Å². The maximum atomic E-state index is 11.0. The normalized spacial score (nSPS) is 12.6. The van der Waals surface area contributed by atoms with Crippen molar-refractivity contribution in [3.05, 3.63) is 36.0 Å². The zero-order valence-electron chi connectivity index (χ0n) is 8.93. The lowest BCUT2D eigenvalue weighted by molar-refractivity contribution is -0.142. The third kappa shape index (κ3) is 2.06. The highest BCUT2D eigenvalue weighted by molar-refractivity contribution is 5.80. The number of hydrogen-bond acceptors (Lipinski definition) is 3. The first-order chi connectivity index (χ1) is 7.70. The van der Waals surface area contributed by atoms with E-state index in [4.69, 9.17) is 0 Å². The van der Waals surface area contributed by atoms with Gasteiger partial charge < -0.3 is 14.8 Å². The van der Waals surface area contributed by atoms with Crippen molar-refractivity contribution in [1.29, 1.82) is 0 Å². The molecule has 2 aromatic rings. The summed E-state index contributed by atoms with van der Waals surface area (Å²) < 4.78 is 4.50. The number of H-pyrrole nitrogens is 1. The first-order valence-corrected chi connectivity index (χ1v) is 5.03. The molecule has 2 N–H and O–H groups in total. The predicted octanol–water partition coefficient (Wildman–Crippen LogP) is 1.76. The Balaban J connectivity index is 2.23. The molecule has 0 fully saturated rings. The second-order valence-electron chi connectivity index (χ2n) is 3.61. The van der Waals surface area contributed by atoms with E-state index in [1.165, 1.54) is 7.11 Å². The van der Waals surface area contributed by atoms with Gasteiger partial charge >= 0.3 is 5.97 Å². The number of para-hydroxylation sites is 1. The minimum Gasteiger partial charge on any atom is -0.469 e. The number of benzene rings is 1. The summed E-state index contributed by atoms with van der Waals surface area (Å²) in [5, 5.41) is 10.8. The highest BCUT2D eigenvalue weighted by Crippen LogP contribution is 2.21. The Kier molecular flexibility index (Phi) is 2.92. The lowest BCUT2D eigenvalue weighted by Crippen LogP contribution is -2.08. The lowest BCUT2D eigenvalue weighted by Gasteiger charge is -2.06. The molecule has 0 amide bonds. The van der Waals surface area contributed by atoms with E-state index in [-0.39, 0.29) is 6.42 Å². The second kappa shape index (κ2) is 4.37. The molecule has 0 aliphatic carbocycles. The monoisotopic (exact) mass is 219 g/mol. The molecule has 0 saturated carbocycles. The number of aliphatic hydroxyl groups excluding tert-OH is 1. The van der Waals surface area contributed by atoms with Crippen molar-refractivity contribution in [1.82, 2.24) is 4.98 Å². The molecule has 0 aliphatic heterocycles. The Hall–Kier alpha value is -1.81. The Bertz CT molecular complexity index is 471. The standard InChI is InChI=1S/C12H13NO3/c1-16-12(15)7-11(14)10-6-8-4-2-3-5-9(8)13-10/h2-6,11,13-14H,7H2,1H3/t11-/m0/s1. The quantitative estimate of drug-likeness (QED) is 0.773. The predicted molar refractivity (Wildman–Crippen MR) is 59.9 cm³/mol. The summed E-state index contributed by atoms with van der Waals surface area (Å²) in [5.41, 5.74) is 1.58. The zero-order valence-corrected chi connectivity index (χ0v) is 8.93. The van der Waals surface area contributed by atoms with Gasteiger partial charge in [-0.05, 0) is 17.5 Å². The first-order valence-electron chi connectivity index (χ1n) is 5.03. The Morgan fingerprint density at radius 3 is 2.94 bits per heavy atom. The number of aromatic amines is 1. The van der Waals surface area contributed by atoms with Gasteiger partial charge in [-0.2, -0.15) is 0 Å². The van der Waals surface area contributed by atoms with Crippen LogP contribution in [0.25, 0.3) is 10.9 Å². The fraction of sp³-hybridized carbons (Fsp3) is 0.250. The molecule has 1 atom stereocenters. The van der Waals surface area contributed by atoms with Gasteiger partial charge in [0.1, 0.15) is 6.10 Å². The van der Waals surface area contributed by atoms with Crippen molar-refractivity contribution in [3.63, 3.8) is 0 Å². The van der Waals surface area contributed by atoms with Crippen molar-refractivity contribution < 1.29 is 14.6 Å². The molecule has 0 radical (unpaired) electrons. The Labute approximate surface area is 92.9 Å². The van der Waals surface area contributed by atoms with E-state index in [1.807, 2.05) is 30.3 Å².